The molecule has 0 aliphatic rings. The topological polar surface area (TPSA) is 133 Å². The van der Waals surface area contributed by atoms with E-state index in [9.17, 15) is 29.4 Å². The molecular weight excluding hydrogens is 937 g/mol. The van der Waals surface area contributed by atoms with Gasteiger partial charge in [0.25, 0.3) is 0 Å². The monoisotopic (exact) mass is 1060 g/mol. The molecule has 0 heterocycles. The summed E-state index contributed by atoms with van der Waals surface area (Å²) >= 11 is 0. The number of carbonyl (C=O) groups excluding carboxylic acids is 4. The maximum absolute atomic E-state index is 12.4. The number of carbonyl (C=O) groups is 4. The molecule has 0 fully saturated rings. The fourth-order valence-corrected chi connectivity index (χ4v) is 9.88. The van der Waals surface area contributed by atoms with Crippen molar-refractivity contribution in [1.82, 2.24) is 0 Å². The average molecular weight is 1060 g/mol. The molecule has 0 rings (SSSR count). The van der Waals surface area contributed by atoms with Crippen molar-refractivity contribution in [3.63, 3.8) is 0 Å². The summed E-state index contributed by atoms with van der Waals surface area (Å²) in [6, 6.07) is 0. The van der Waals surface area contributed by atoms with E-state index in [1.165, 1.54) is 231 Å². The van der Waals surface area contributed by atoms with Crippen LogP contribution in [0.4, 0.5) is 0 Å². The Kier molecular flexibility index (Phi) is 68.4. The Morgan fingerprint density at radius 3 is 0.630 bits per heavy atom. The number of hydrogen-bond donors (Lipinski definition) is 0. The fraction of sp³-hybridized carbons (Fsp3) is 0.938. The molecule has 9 heteroatoms. The number of esters is 2. The van der Waals surface area contributed by atoms with E-state index in [-0.39, 0.29) is 74.7 Å². The van der Waals surface area contributed by atoms with Crippen molar-refractivity contribution >= 4 is 61.6 Å². The molecule has 428 valence electrons. The molecule has 0 radical (unpaired) electrons. The molecular formula is C64H122CaO8. The van der Waals surface area contributed by atoms with Crippen LogP contribution in [0.15, 0.2) is 0 Å². The molecule has 2 atom stereocenters. The molecule has 0 saturated heterocycles. The third-order valence-electron chi connectivity index (χ3n) is 14.6. The van der Waals surface area contributed by atoms with Crippen LogP contribution in [0.25, 0.3) is 0 Å². The minimum absolute atomic E-state index is 0. The molecule has 0 amide bonds. The minimum Gasteiger partial charge on any atom is -0.550 e. The number of carboxylic acid groups (broad SMARTS) is 2. The van der Waals surface area contributed by atoms with Gasteiger partial charge in [0.1, 0.15) is 12.2 Å². The maximum atomic E-state index is 12.4. The van der Waals surface area contributed by atoms with E-state index in [1.807, 2.05) is 0 Å². The number of hydrogen-bond acceptors (Lipinski definition) is 8. The molecule has 0 bridgehead atoms. The maximum Gasteiger partial charge on any atom is 2.00 e. The number of ether oxygens (including phenoxy) is 2. The molecule has 8 nitrogen and oxygen atoms in total. The number of rotatable bonds is 58. The van der Waals surface area contributed by atoms with Crippen LogP contribution in [-0.2, 0) is 28.7 Å². The van der Waals surface area contributed by atoms with Crippen LogP contribution in [0.1, 0.15) is 374 Å². The van der Waals surface area contributed by atoms with E-state index < -0.39 is 11.9 Å². The van der Waals surface area contributed by atoms with Crippen molar-refractivity contribution in [1.29, 1.82) is 0 Å². The quantitative estimate of drug-likeness (QED) is 0.0334. The smallest absolute Gasteiger partial charge is 0.550 e. The summed E-state index contributed by atoms with van der Waals surface area (Å²) in [6.45, 7) is 9.03. The number of aliphatic carboxylic acids is 2. The summed E-state index contributed by atoms with van der Waals surface area (Å²) < 4.78 is 11.7. The van der Waals surface area contributed by atoms with Gasteiger partial charge in [0.2, 0.25) is 0 Å². The molecule has 0 aromatic carbocycles. The van der Waals surface area contributed by atoms with Crippen molar-refractivity contribution in [2.24, 2.45) is 0 Å². The summed E-state index contributed by atoms with van der Waals surface area (Å²) in [5.41, 5.74) is 0. The minimum atomic E-state index is -0.991. The van der Waals surface area contributed by atoms with Crippen LogP contribution in [0.3, 0.4) is 0 Å². The summed E-state index contributed by atoms with van der Waals surface area (Å²) in [6.07, 6.45) is 61.2. The van der Waals surface area contributed by atoms with Gasteiger partial charge in [-0.3, -0.25) is 9.59 Å². The van der Waals surface area contributed by atoms with Crippen LogP contribution in [0.5, 0.6) is 0 Å². The first-order valence-corrected chi connectivity index (χ1v) is 32.0. The van der Waals surface area contributed by atoms with Gasteiger partial charge < -0.3 is 29.3 Å². The normalized spacial score (nSPS) is 11.9. The molecule has 0 aromatic rings. The van der Waals surface area contributed by atoms with Crippen LogP contribution >= 0.6 is 0 Å². The van der Waals surface area contributed by atoms with E-state index in [4.69, 9.17) is 9.47 Å². The second-order valence-electron chi connectivity index (χ2n) is 22.0. The Labute approximate surface area is 483 Å². The van der Waals surface area contributed by atoms with Crippen LogP contribution in [-0.4, -0.2) is 73.8 Å². The summed E-state index contributed by atoms with van der Waals surface area (Å²) in [7, 11) is 0. The molecule has 0 aliphatic carbocycles. The first-order chi connectivity index (χ1) is 35.2. The van der Waals surface area contributed by atoms with E-state index in [1.54, 1.807) is 0 Å². The van der Waals surface area contributed by atoms with Crippen molar-refractivity contribution in [3.8, 4) is 0 Å². The molecule has 0 spiro atoms. The second kappa shape index (κ2) is 65.4. The van der Waals surface area contributed by atoms with Gasteiger partial charge in [0, 0.05) is 24.8 Å². The molecule has 2 unspecified atom stereocenters. The van der Waals surface area contributed by atoms with Crippen molar-refractivity contribution in [3.05, 3.63) is 0 Å². The van der Waals surface area contributed by atoms with Crippen LogP contribution in [0, 0.1) is 0 Å². The standard InChI is InChI=1S/2C32H62O4.Ca/c2*1-3-5-7-9-11-13-15-17-19-21-23-29-32(35)36-30(27-24-25-28-31(33)34)26-22-20-18-16-14-12-10-8-6-4-2;/h2*30H,3-29H2,1-2H3,(H,33,34);/q;;+2/p-2. The van der Waals surface area contributed by atoms with Crippen molar-refractivity contribution in [2.75, 3.05) is 0 Å². The van der Waals surface area contributed by atoms with Gasteiger partial charge in [-0.25, -0.2) is 0 Å². The molecule has 0 N–H and O–H groups in total. The Morgan fingerprint density at radius 1 is 0.260 bits per heavy atom. The molecule has 0 saturated carbocycles. The van der Waals surface area contributed by atoms with Crippen molar-refractivity contribution in [2.45, 2.75) is 387 Å². The van der Waals surface area contributed by atoms with Gasteiger partial charge in [0.05, 0.1) is 0 Å². The first kappa shape index (κ1) is 76.4. The number of unbranched alkanes of at least 4 members (excludes halogenated alkanes) is 40. The van der Waals surface area contributed by atoms with Gasteiger partial charge in [-0.2, -0.15) is 0 Å². The van der Waals surface area contributed by atoms with Gasteiger partial charge in [-0.1, -0.05) is 272 Å². The van der Waals surface area contributed by atoms with E-state index in [0.29, 0.717) is 25.7 Å². The summed E-state index contributed by atoms with van der Waals surface area (Å²) in [5.74, 6) is -2.12. The predicted octanol–water partition coefficient (Wildman–Crippen LogP) is 18.1. The largest absolute Gasteiger partial charge is 2.00 e. The van der Waals surface area contributed by atoms with E-state index in [0.717, 1.165) is 77.0 Å². The third kappa shape index (κ3) is 67.2. The average Bonchev–Trinajstić information content (AvgIpc) is 3.36. The Morgan fingerprint density at radius 2 is 0.425 bits per heavy atom. The SMILES string of the molecule is CCCCCCCCCCCCCC(=O)OC(CCCCCCCCCCCC)CCCCC(=O)[O-].CCCCCCCCCCCCCC(=O)OC(CCCCCCCCCCCC)CCCCC(=O)[O-].[Ca+2]. The molecule has 0 aliphatic heterocycles. The number of carboxylic acids is 2. The summed E-state index contributed by atoms with van der Waals surface area (Å²) in [4.78, 5) is 46.2. The zero-order valence-electron chi connectivity index (χ0n) is 49.3. The van der Waals surface area contributed by atoms with Gasteiger partial charge >= 0.3 is 49.7 Å². The summed E-state index contributed by atoms with van der Waals surface area (Å²) in [5, 5.41) is 21.4. The fourth-order valence-electron chi connectivity index (χ4n) is 9.88. The van der Waals surface area contributed by atoms with Gasteiger partial charge in [0.15, 0.2) is 0 Å². The Bertz CT molecular complexity index is 1050. The van der Waals surface area contributed by atoms with Gasteiger partial charge in [-0.15, -0.1) is 0 Å². The third-order valence-corrected chi connectivity index (χ3v) is 14.6. The van der Waals surface area contributed by atoms with Gasteiger partial charge in [-0.05, 0) is 89.9 Å². The zero-order valence-corrected chi connectivity index (χ0v) is 51.5. The Balaban J connectivity index is -0.00000132. The van der Waals surface area contributed by atoms with Crippen LogP contribution < -0.4 is 10.2 Å². The predicted molar refractivity (Wildman–Crippen MR) is 308 cm³/mol. The van der Waals surface area contributed by atoms with E-state index in [2.05, 4.69) is 27.7 Å². The van der Waals surface area contributed by atoms with Crippen LogP contribution in [0.2, 0.25) is 0 Å². The second-order valence-corrected chi connectivity index (χ2v) is 22.0. The zero-order chi connectivity index (χ0) is 53.1. The molecule has 73 heavy (non-hydrogen) atoms. The Hall–Kier alpha value is -0.860. The first-order valence-electron chi connectivity index (χ1n) is 32.0. The molecule has 0 aromatic heterocycles. The van der Waals surface area contributed by atoms with Crippen molar-refractivity contribution < 1.29 is 38.9 Å². The van der Waals surface area contributed by atoms with E-state index >= 15 is 0 Å².